The summed E-state index contributed by atoms with van der Waals surface area (Å²) >= 11 is 0. The van der Waals surface area contributed by atoms with Gasteiger partial charge in [0.05, 0.1) is 11.1 Å². The lowest BCUT2D eigenvalue weighted by Crippen LogP contribution is -2.33. The fourth-order valence-electron chi connectivity index (χ4n) is 1.83. The van der Waals surface area contributed by atoms with E-state index in [0.717, 1.165) is 0 Å². The van der Waals surface area contributed by atoms with Crippen LogP contribution in [-0.4, -0.2) is 37.6 Å². The first kappa shape index (κ1) is 12.0. The first-order chi connectivity index (χ1) is 9.66. The number of hydroxylamine groups is 2. The van der Waals surface area contributed by atoms with Crippen LogP contribution in [0.4, 0.5) is 0 Å². The van der Waals surface area contributed by atoms with Gasteiger partial charge in [0, 0.05) is 0 Å². The van der Waals surface area contributed by atoms with Crippen LogP contribution in [0.25, 0.3) is 0 Å². The average molecular weight is 272 g/mol. The predicted molar refractivity (Wildman–Crippen MR) is 63.1 cm³/mol. The van der Waals surface area contributed by atoms with E-state index in [9.17, 15) is 14.4 Å². The number of imide groups is 1. The molecule has 8 nitrogen and oxygen atoms in total. The molecule has 1 aromatic carbocycles. The molecule has 0 aliphatic carbocycles. The molecule has 0 saturated carbocycles. The maximum absolute atomic E-state index is 11.9. The predicted octanol–water partition coefficient (Wildman–Crippen LogP) is 0.0325. The number of fused-ring (bicyclic) bond motifs is 1. The summed E-state index contributed by atoms with van der Waals surface area (Å²) in [7, 11) is 0. The summed E-state index contributed by atoms with van der Waals surface area (Å²) in [5, 5.41) is 7.52. The topological polar surface area (TPSA) is 94.4 Å². The second kappa shape index (κ2) is 4.57. The molecule has 3 rings (SSSR count). The van der Waals surface area contributed by atoms with Gasteiger partial charge in [0.2, 0.25) is 0 Å². The number of rotatable bonds is 3. The zero-order valence-electron chi connectivity index (χ0n) is 10.1. The standard InChI is InChI=1S/C12H8N4O4/c17-10(5-15-6-13-14-7-15)20-16-11(18)8-3-1-2-4-9(8)12(16)19/h1-4,6-7H,5H2. The van der Waals surface area contributed by atoms with Crippen molar-refractivity contribution in [1.82, 2.24) is 19.8 Å². The van der Waals surface area contributed by atoms with Crippen molar-refractivity contribution in [3.8, 4) is 0 Å². The van der Waals surface area contributed by atoms with Gasteiger partial charge in [-0.25, -0.2) is 4.79 Å². The number of amides is 2. The Balaban J connectivity index is 1.75. The molecule has 8 heteroatoms. The van der Waals surface area contributed by atoms with E-state index in [1.54, 1.807) is 12.1 Å². The summed E-state index contributed by atoms with van der Waals surface area (Å²) in [4.78, 5) is 40.4. The highest BCUT2D eigenvalue weighted by atomic mass is 16.7. The Morgan fingerprint density at radius 3 is 2.15 bits per heavy atom. The Bertz CT molecular complexity index is 660. The molecule has 0 saturated heterocycles. The Kier molecular flexibility index (Phi) is 2.75. The highest BCUT2D eigenvalue weighted by Gasteiger charge is 2.38. The van der Waals surface area contributed by atoms with Crippen molar-refractivity contribution in [2.75, 3.05) is 0 Å². The maximum Gasteiger partial charge on any atom is 0.352 e. The van der Waals surface area contributed by atoms with Gasteiger partial charge in [0.1, 0.15) is 19.2 Å². The molecular weight excluding hydrogens is 264 g/mol. The first-order valence-electron chi connectivity index (χ1n) is 5.68. The molecule has 0 unspecified atom stereocenters. The lowest BCUT2D eigenvalue weighted by Gasteiger charge is -2.12. The van der Waals surface area contributed by atoms with E-state index in [2.05, 4.69) is 10.2 Å². The minimum Gasteiger partial charge on any atom is -0.328 e. The summed E-state index contributed by atoms with van der Waals surface area (Å²) in [6.07, 6.45) is 2.65. The van der Waals surface area contributed by atoms with Crippen LogP contribution in [0.3, 0.4) is 0 Å². The van der Waals surface area contributed by atoms with Gasteiger partial charge in [-0.1, -0.05) is 17.2 Å². The molecule has 100 valence electrons. The molecule has 1 aliphatic heterocycles. The van der Waals surface area contributed by atoms with E-state index in [0.29, 0.717) is 5.06 Å². The molecule has 0 fully saturated rings. The minimum atomic E-state index is -0.765. The van der Waals surface area contributed by atoms with Crippen LogP contribution >= 0.6 is 0 Å². The smallest absolute Gasteiger partial charge is 0.328 e. The molecule has 1 aliphatic rings. The summed E-state index contributed by atoms with van der Waals surface area (Å²) in [6.45, 7) is -0.194. The Morgan fingerprint density at radius 2 is 1.60 bits per heavy atom. The van der Waals surface area contributed by atoms with E-state index >= 15 is 0 Å². The maximum atomic E-state index is 11.9. The van der Waals surface area contributed by atoms with Crippen molar-refractivity contribution in [2.24, 2.45) is 0 Å². The number of carbonyl (C=O) groups is 3. The second-order valence-corrected chi connectivity index (χ2v) is 4.05. The van der Waals surface area contributed by atoms with Crippen molar-refractivity contribution < 1.29 is 19.2 Å². The average Bonchev–Trinajstić information content (AvgIpc) is 3.03. The second-order valence-electron chi connectivity index (χ2n) is 4.05. The molecule has 0 bridgehead atoms. The van der Waals surface area contributed by atoms with Gasteiger partial charge >= 0.3 is 5.97 Å². The molecule has 0 spiro atoms. The summed E-state index contributed by atoms with van der Waals surface area (Å²) in [5.41, 5.74) is 0.434. The van der Waals surface area contributed by atoms with Crippen LogP contribution in [0.5, 0.6) is 0 Å². The third kappa shape index (κ3) is 1.92. The monoisotopic (exact) mass is 272 g/mol. The summed E-state index contributed by atoms with van der Waals surface area (Å²) < 4.78 is 1.36. The number of hydrogen-bond acceptors (Lipinski definition) is 6. The van der Waals surface area contributed by atoms with Crippen molar-refractivity contribution in [3.05, 3.63) is 48.0 Å². The van der Waals surface area contributed by atoms with Crippen LogP contribution in [0.15, 0.2) is 36.9 Å². The van der Waals surface area contributed by atoms with Crippen molar-refractivity contribution in [1.29, 1.82) is 0 Å². The van der Waals surface area contributed by atoms with Gasteiger partial charge in [-0.05, 0) is 12.1 Å². The molecule has 2 aromatic rings. The molecule has 0 radical (unpaired) electrons. The molecule has 2 amide bonds. The SMILES string of the molecule is O=C(Cn1cnnc1)ON1C(=O)c2ccccc2C1=O. The molecule has 1 aromatic heterocycles. The zero-order valence-corrected chi connectivity index (χ0v) is 10.1. The van der Waals surface area contributed by atoms with Gasteiger partial charge < -0.3 is 9.40 Å². The molecule has 20 heavy (non-hydrogen) atoms. The molecule has 0 N–H and O–H groups in total. The number of carbonyl (C=O) groups excluding carboxylic acids is 3. The van der Waals surface area contributed by atoms with E-state index < -0.39 is 17.8 Å². The summed E-state index contributed by atoms with van der Waals surface area (Å²) in [6, 6.07) is 6.27. The van der Waals surface area contributed by atoms with E-state index in [4.69, 9.17) is 4.84 Å². The number of aromatic nitrogens is 3. The lowest BCUT2D eigenvalue weighted by molar-refractivity contribution is -0.169. The molecular formula is C12H8N4O4. The third-order valence-electron chi connectivity index (χ3n) is 2.73. The minimum absolute atomic E-state index is 0.194. The fraction of sp³-hybridized carbons (Fsp3) is 0.0833. The van der Waals surface area contributed by atoms with Crippen molar-refractivity contribution in [2.45, 2.75) is 6.54 Å². The quantitative estimate of drug-likeness (QED) is 0.732. The number of hydrogen-bond donors (Lipinski definition) is 0. The van der Waals surface area contributed by atoms with Crippen LogP contribution in [-0.2, 0) is 16.2 Å². The van der Waals surface area contributed by atoms with E-state index in [-0.39, 0.29) is 17.7 Å². The Morgan fingerprint density at radius 1 is 1.05 bits per heavy atom. The van der Waals surface area contributed by atoms with Gasteiger partial charge in [-0.3, -0.25) is 9.59 Å². The van der Waals surface area contributed by atoms with Crippen molar-refractivity contribution in [3.63, 3.8) is 0 Å². The Labute approximate surface area is 112 Å². The first-order valence-corrected chi connectivity index (χ1v) is 5.68. The van der Waals surface area contributed by atoms with E-state index in [1.807, 2.05) is 0 Å². The highest BCUT2D eigenvalue weighted by molar-refractivity contribution is 6.20. The lowest BCUT2D eigenvalue weighted by atomic mass is 10.1. The number of nitrogens with zero attached hydrogens (tertiary/aromatic N) is 4. The normalized spacial score (nSPS) is 13.5. The zero-order chi connectivity index (χ0) is 14.1. The van der Waals surface area contributed by atoms with Gasteiger partial charge in [-0.2, -0.15) is 0 Å². The molecule has 2 heterocycles. The van der Waals surface area contributed by atoms with Crippen LogP contribution < -0.4 is 0 Å². The van der Waals surface area contributed by atoms with Gasteiger partial charge in [0.15, 0.2) is 0 Å². The van der Waals surface area contributed by atoms with Gasteiger partial charge in [-0.15, -0.1) is 10.2 Å². The van der Waals surface area contributed by atoms with E-state index in [1.165, 1.54) is 29.4 Å². The van der Waals surface area contributed by atoms with Crippen LogP contribution in [0, 0.1) is 0 Å². The highest BCUT2D eigenvalue weighted by Crippen LogP contribution is 2.22. The largest absolute Gasteiger partial charge is 0.352 e. The van der Waals surface area contributed by atoms with Crippen LogP contribution in [0.2, 0.25) is 0 Å². The van der Waals surface area contributed by atoms with Gasteiger partial charge in [0.25, 0.3) is 11.8 Å². The molecule has 0 atom stereocenters. The Hall–Kier alpha value is -3.03. The van der Waals surface area contributed by atoms with Crippen LogP contribution in [0.1, 0.15) is 20.7 Å². The van der Waals surface area contributed by atoms with Crippen molar-refractivity contribution >= 4 is 17.8 Å². The fourth-order valence-corrected chi connectivity index (χ4v) is 1.83. The third-order valence-corrected chi connectivity index (χ3v) is 2.73. The number of benzene rings is 1. The summed E-state index contributed by atoms with van der Waals surface area (Å²) in [5.74, 6) is -2.07.